The zero-order valence-electron chi connectivity index (χ0n) is 12.2. The van der Waals surface area contributed by atoms with Crippen molar-refractivity contribution in [1.82, 2.24) is 9.97 Å². The van der Waals surface area contributed by atoms with Crippen LogP contribution in [0.1, 0.15) is 10.4 Å². The van der Waals surface area contributed by atoms with Gasteiger partial charge in [-0.3, -0.25) is 0 Å². The number of nitroso groups, excluding NO2 is 1. The standard InChI is InChI=1S/C16H14N4OS/c1-10-6-14(12-4-3-5-13(8-12)20-21)18-15(7-10)19-16-17-9-11(2)22-16/h3-9H,1-2H3,(H,17,18,19). The van der Waals surface area contributed by atoms with Crippen LogP contribution in [0.4, 0.5) is 16.6 Å². The molecular formula is C16H14N4OS. The topological polar surface area (TPSA) is 67.2 Å². The summed E-state index contributed by atoms with van der Waals surface area (Å²) >= 11 is 1.58. The fraction of sp³-hybridized carbons (Fsp3) is 0.125. The van der Waals surface area contributed by atoms with Crippen molar-refractivity contribution >= 4 is 28.0 Å². The molecule has 0 saturated carbocycles. The molecule has 2 aromatic heterocycles. The number of pyridine rings is 1. The summed E-state index contributed by atoms with van der Waals surface area (Å²) in [6.07, 6.45) is 1.82. The third-order valence-corrected chi connectivity index (χ3v) is 3.90. The molecule has 0 spiro atoms. The van der Waals surface area contributed by atoms with E-state index in [1.54, 1.807) is 29.5 Å². The van der Waals surface area contributed by atoms with Crippen molar-refractivity contribution in [1.29, 1.82) is 0 Å². The lowest BCUT2D eigenvalue weighted by Gasteiger charge is -2.08. The molecule has 0 fully saturated rings. The minimum Gasteiger partial charge on any atom is -0.316 e. The van der Waals surface area contributed by atoms with Gasteiger partial charge in [-0.25, -0.2) is 9.97 Å². The van der Waals surface area contributed by atoms with E-state index < -0.39 is 0 Å². The van der Waals surface area contributed by atoms with Gasteiger partial charge in [0.05, 0.1) is 5.69 Å². The SMILES string of the molecule is Cc1cc(Nc2ncc(C)s2)nc(-c2cccc(N=O)c2)c1. The number of hydrogen-bond acceptors (Lipinski definition) is 6. The summed E-state index contributed by atoms with van der Waals surface area (Å²) in [6, 6.07) is 11.0. The van der Waals surface area contributed by atoms with E-state index in [0.29, 0.717) is 5.69 Å². The van der Waals surface area contributed by atoms with Crippen molar-refractivity contribution in [3.8, 4) is 11.3 Å². The van der Waals surface area contributed by atoms with Crippen molar-refractivity contribution in [3.05, 3.63) is 57.9 Å². The molecule has 0 amide bonds. The molecule has 5 nitrogen and oxygen atoms in total. The maximum absolute atomic E-state index is 10.7. The predicted octanol–water partition coefficient (Wildman–Crippen LogP) is 4.96. The maximum Gasteiger partial charge on any atom is 0.188 e. The second kappa shape index (κ2) is 6.03. The van der Waals surface area contributed by atoms with Crippen LogP contribution in [0.25, 0.3) is 11.3 Å². The van der Waals surface area contributed by atoms with Crippen molar-refractivity contribution in [2.45, 2.75) is 13.8 Å². The summed E-state index contributed by atoms with van der Waals surface area (Å²) in [5.41, 5.74) is 3.12. The smallest absolute Gasteiger partial charge is 0.188 e. The average molecular weight is 310 g/mol. The summed E-state index contributed by atoms with van der Waals surface area (Å²) in [4.78, 5) is 20.7. The highest BCUT2D eigenvalue weighted by atomic mass is 32.1. The molecule has 0 radical (unpaired) electrons. The van der Waals surface area contributed by atoms with Gasteiger partial charge < -0.3 is 5.32 Å². The van der Waals surface area contributed by atoms with Crippen molar-refractivity contribution in [3.63, 3.8) is 0 Å². The third-order valence-electron chi connectivity index (χ3n) is 3.07. The maximum atomic E-state index is 10.7. The molecule has 0 saturated heterocycles. The van der Waals surface area contributed by atoms with Crippen LogP contribution in [0, 0.1) is 18.8 Å². The van der Waals surface area contributed by atoms with Crippen LogP contribution in [0.15, 0.2) is 47.8 Å². The lowest BCUT2D eigenvalue weighted by molar-refractivity contribution is 1.26. The van der Waals surface area contributed by atoms with Gasteiger partial charge in [0, 0.05) is 16.6 Å². The second-order valence-corrected chi connectivity index (χ2v) is 6.19. The van der Waals surface area contributed by atoms with Gasteiger partial charge in [0.15, 0.2) is 5.13 Å². The van der Waals surface area contributed by atoms with Gasteiger partial charge in [-0.05, 0) is 48.9 Å². The summed E-state index contributed by atoms with van der Waals surface area (Å²) < 4.78 is 0. The quantitative estimate of drug-likeness (QED) is 0.691. The zero-order valence-corrected chi connectivity index (χ0v) is 13.0. The van der Waals surface area contributed by atoms with Gasteiger partial charge >= 0.3 is 0 Å². The molecule has 6 heteroatoms. The van der Waals surface area contributed by atoms with Gasteiger partial charge in [0.25, 0.3) is 0 Å². The fourth-order valence-electron chi connectivity index (χ4n) is 2.12. The van der Waals surface area contributed by atoms with Crippen LogP contribution < -0.4 is 5.32 Å². The summed E-state index contributed by atoms with van der Waals surface area (Å²) in [5, 5.41) is 7.00. The minimum absolute atomic E-state index is 0.394. The molecule has 0 unspecified atom stereocenters. The number of benzene rings is 1. The van der Waals surface area contributed by atoms with Crippen LogP contribution in [-0.4, -0.2) is 9.97 Å². The molecule has 0 aliphatic rings. The molecule has 3 rings (SSSR count). The van der Waals surface area contributed by atoms with Crippen LogP contribution in [0.2, 0.25) is 0 Å². The van der Waals surface area contributed by atoms with Gasteiger partial charge in [0.2, 0.25) is 0 Å². The van der Waals surface area contributed by atoms with E-state index >= 15 is 0 Å². The summed E-state index contributed by atoms with van der Waals surface area (Å²) in [5.74, 6) is 0.730. The van der Waals surface area contributed by atoms with Crippen LogP contribution >= 0.6 is 11.3 Å². The normalized spacial score (nSPS) is 10.5. The Morgan fingerprint density at radius 3 is 2.77 bits per heavy atom. The van der Waals surface area contributed by atoms with Crippen LogP contribution in [0.5, 0.6) is 0 Å². The first-order valence-electron chi connectivity index (χ1n) is 6.76. The summed E-state index contributed by atoms with van der Waals surface area (Å²) in [6.45, 7) is 4.02. The Balaban J connectivity index is 1.96. The predicted molar refractivity (Wildman–Crippen MR) is 90.0 cm³/mol. The van der Waals surface area contributed by atoms with E-state index in [2.05, 4.69) is 20.5 Å². The summed E-state index contributed by atoms with van der Waals surface area (Å²) in [7, 11) is 0. The number of aryl methyl sites for hydroxylation is 2. The number of hydrogen-bond donors (Lipinski definition) is 1. The Hall–Kier alpha value is -2.60. The number of thiazole rings is 1. The molecule has 1 N–H and O–H groups in total. The Kier molecular flexibility index (Phi) is 3.93. The van der Waals surface area contributed by atoms with Crippen molar-refractivity contribution in [2.75, 3.05) is 5.32 Å². The fourth-order valence-corrected chi connectivity index (χ4v) is 2.79. The monoisotopic (exact) mass is 310 g/mol. The van der Waals surface area contributed by atoms with Gasteiger partial charge in [0.1, 0.15) is 11.5 Å². The first-order valence-corrected chi connectivity index (χ1v) is 7.57. The molecule has 0 bridgehead atoms. The number of anilines is 2. The number of nitrogens with zero attached hydrogens (tertiary/aromatic N) is 3. The number of rotatable bonds is 4. The lowest BCUT2D eigenvalue weighted by atomic mass is 10.1. The van der Waals surface area contributed by atoms with E-state index in [4.69, 9.17) is 0 Å². The van der Waals surface area contributed by atoms with E-state index in [1.165, 1.54) is 0 Å². The molecule has 3 aromatic rings. The van der Waals surface area contributed by atoms with Gasteiger partial charge in [-0.1, -0.05) is 12.1 Å². The Labute approximate surface area is 132 Å². The molecule has 22 heavy (non-hydrogen) atoms. The first-order chi connectivity index (χ1) is 10.6. The molecule has 0 aliphatic carbocycles. The molecular weight excluding hydrogens is 296 g/mol. The lowest BCUT2D eigenvalue weighted by Crippen LogP contribution is -1.95. The van der Waals surface area contributed by atoms with Crippen molar-refractivity contribution < 1.29 is 0 Å². The van der Waals surface area contributed by atoms with Crippen LogP contribution in [0.3, 0.4) is 0 Å². The Morgan fingerprint density at radius 2 is 2.05 bits per heavy atom. The molecule has 110 valence electrons. The minimum atomic E-state index is 0.394. The third kappa shape index (κ3) is 3.17. The molecule has 1 aromatic carbocycles. The van der Waals surface area contributed by atoms with E-state index in [9.17, 15) is 4.91 Å². The molecule has 2 heterocycles. The second-order valence-electron chi connectivity index (χ2n) is 4.96. The zero-order chi connectivity index (χ0) is 15.5. The molecule has 0 atom stereocenters. The van der Waals surface area contributed by atoms with Gasteiger partial charge in [-0.2, -0.15) is 0 Å². The van der Waals surface area contributed by atoms with E-state index in [-0.39, 0.29) is 0 Å². The highest BCUT2D eigenvalue weighted by Gasteiger charge is 2.06. The first kappa shape index (κ1) is 14.3. The largest absolute Gasteiger partial charge is 0.316 e. The number of aromatic nitrogens is 2. The highest BCUT2D eigenvalue weighted by Crippen LogP contribution is 2.27. The van der Waals surface area contributed by atoms with Gasteiger partial charge in [-0.15, -0.1) is 16.2 Å². The highest BCUT2D eigenvalue weighted by molar-refractivity contribution is 7.15. The van der Waals surface area contributed by atoms with Crippen molar-refractivity contribution in [2.24, 2.45) is 5.18 Å². The van der Waals surface area contributed by atoms with E-state index in [1.807, 2.05) is 38.2 Å². The molecule has 0 aliphatic heterocycles. The van der Waals surface area contributed by atoms with E-state index in [0.717, 1.165) is 32.6 Å². The average Bonchev–Trinajstić information content (AvgIpc) is 2.92. The van der Waals surface area contributed by atoms with Crippen LogP contribution in [-0.2, 0) is 0 Å². The Morgan fingerprint density at radius 1 is 1.18 bits per heavy atom. The Bertz CT molecular complexity index is 829. The number of nitrogens with one attached hydrogen (secondary N) is 1.